The Hall–Kier alpha value is 1.41. The summed E-state index contributed by atoms with van der Waals surface area (Å²) in [5.41, 5.74) is 0. The summed E-state index contributed by atoms with van der Waals surface area (Å²) < 4.78 is 8.88. The molecule has 0 aliphatic heterocycles. The summed E-state index contributed by atoms with van der Waals surface area (Å²) in [4.78, 5) is 21.6. The molecule has 0 heterocycles. The Morgan fingerprint density at radius 3 is 1.14 bits per heavy atom. The summed E-state index contributed by atoms with van der Waals surface area (Å²) in [7, 11) is -4.64. The van der Waals surface area contributed by atoms with Crippen LogP contribution in [-0.2, 0) is 4.57 Å². The zero-order valence-corrected chi connectivity index (χ0v) is 6.62. The van der Waals surface area contributed by atoms with Crippen LogP contribution in [0.5, 0.6) is 0 Å². The van der Waals surface area contributed by atoms with E-state index in [-0.39, 0.29) is 45.9 Å². The standard InChI is InChI=1S/H3O4P.H2O.Sm/c1-5(2,3)4;;/h(H3,1,2,3,4);1H2;. The number of phosphoric acid groups is 1. The molecule has 0 amide bonds. The van der Waals surface area contributed by atoms with Gasteiger partial charge in [0.05, 0.1) is 0 Å². The summed E-state index contributed by atoms with van der Waals surface area (Å²) in [6, 6.07) is 0. The van der Waals surface area contributed by atoms with E-state index in [0.29, 0.717) is 0 Å². The van der Waals surface area contributed by atoms with E-state index < -0.39 is 7.82 Å². The van der Waals surface area contributed by atoms with Crippen molar-refractivity contribution < 1.29 is 65.1 Å². The van der Waals surface area contributed by atoms with E-state index in [1.54, 1.807) is 0 Å². The van der Waals surface area contributed by atoms with Crippen LogP contribution in [0.25, 0.3) is 0 Å². The Bertz CT molecular complexity index is 54.2. The van der Waals surface area contributed by atoms with Crippen molar-refractivity contribution in [3.05, 3.63) is 0 Å². The van der Waals surface area contributed by atoms with Gasteiger partial charge in [0, 0.05) is 40.4 Å². The molecule has 0 fully saturated rings. The first kappa shape index (κ1) is 15.8. The van der Waals surface area contributed by atoms with Gasteiger partial charge < -0.3 is 20.2 Å². The maximum Gasteiger partial charge on any atom is 0.466 e. The molecule has 0 saturated carbocycles. The summed E-state index contributed by atoms with van der Waals surface area (Å²) in [5, 5.41) is 0. The first-order chi connectivity index (χ1) is 2.00. The Kier molecular flexibility index (Phi) is 12.5. The van der Waals surface area contributed by atoms with Crippen molar-refractivity contribution >= 4 is 7.82 Å². The fourth-order valence-electron chi connectivity index (χ4n) is 0. The third kappa shape index (κ3) is 109. The molecule has 0 saturated heterocycles. The van der Waals surface area contributed by atoms with Crippen molar-refractivity contribution in [1.29, 1.82) is 0 Å². The molecule has 0 radical (unpaired) electrons. The van der Waals surface area contributed by atoms with Crippen LogP contribution in [0.1, 0.15) is 0 Å². The van der Waals surface area contributed by atoms with E-state index in [1.807, 2.05) is 0 Å². The molecule has 0 aromatic heterocycles. The van der Waals surface area contributed by atoms with Gasteiger partial charge >= 0.3 is 7.82 Å². The Labute approximate surface area is 72.4 Å². The van der Waals surface area contributed by atoms with Crippen LogP contribution in [0.2, 0.25) is 0 Å². The second kappa shape index (κ2) is 5.54. The Balaban J connectivity index is -0.0000000800. The van der Waals surface area contributed by atoms with E-state index in [4.69, 9.17) is 19.2 Å². The molecular weight excluding hydrogens is 261 g/mol. The molecule has 0 bridgehead atoms. The van der Waals surface area contributed by atoms with Gasteiger partial charge in [-0.2, -0.15) is 0 Å². The minimum absolute atomic E-state index is 0. The van der Waals surface area contributed by atoms with E-state index in [2.05, 4.69) is 0 Å². The molecule has 46 valence electrons. The zero-order chi connectivity index (χ0) is 4.50. The van der Waals surface area contributed by atoms with Crippen molar-refractivity contribution in [3.8, 4) is 0 Å². The fourth-order valence-corrected chi connectivity index (χ4v) is 0. The van der Waals surface area contributed by atoms with Crippen LogP contribution in [0.4, 0.5) is 0 Å². The first-order valence-corrected chi connectivity index (χ1v) is 2.35. The van der Waals surface area contributed by atoms with E-state index >= 15 is 0 Å². The number of hydrogen-bond donors (Lipinski definition) is 3. The van der Waals surface area contributed by atoms with Crippen LogP contribution < -0.4 is 0 Å². The normalized spacial score (nSPS) is 8.43. The third-order valence-corrected chi connectivity index (χ3v) is 0. The molecule has 7 heavy (non-hydrogen) atoms. The van der Waals surface area contributed by atoms with Crippen LogP contribution >= 0.6 is 7.82 Å². The van der Waals surface area contributed by atoms with Gasteiger partial charge in [0.1, 0.15) is 0 Å². The maximum atomic E-state index is 8.88. The van der Waals surface area contributed by atoms with Gasteiger partial charge in [-0.05, 0) is 0 Å². The summed E-state index contributed by atoms with van der Waals surface area (Å²) in [5.74, 6) is 0. The summed E-state index contributed by atoms with van der Waals surface area (Å²) in [6.07, 6.45) is 0. The largest absolute Gasteiger partial charge is 0.466 e. The molecule has 0 aliphatic carbocycles. The fraction of sp³-hybridized carbons (Fsp3) is 0. The SMILES string of the molecule is O.O=P(O)(O)O.[Sm]. The third-order valence-electron chi connectivity index (χ3n) is 0. The summed E-state index contributed by atoms with van der Waals surface area (Å²) >= 11 is 0. The first-order valence-electron chi connectivity index (χ1n) is 0.783. The number of hydrogen-bond acceptors (Lipinski definition) is 1. The minimum atomic E-state index is -4.64. The van der Waals surface area contributed by atoms with E-state index in [9.17, 15) is 0 Å². The van der Waals surface area contributed by atoms with Gasteiger partial charge in [-0.1, -0.05) is 0 Å². The zero-order valence-electron chi connectivity index (χ0n) is 3.11. The monoisotopic (exact) mass is 268 g/mol. The summed E-state index contributed by atoms with van der Waals surface area (Å²) in [6.45, 7) is 0. The van der Waals surface area contributed by atoms with Gasteiger partial charge in [0.2, 0.25) is 0 Å². The van der Waals surface area contributed by atoms with Gasteiger partial charge in [-0.15, -0.1) is 0 Å². The van der Waals surface area contributed by atoms with Crippen molar-refractivity contribution in [3.63, 3.8) is 0 Å². The van der Waals surface area contributed by atoms with E-state index in [1.165, 1.54) is 0 Å². The minimum Gasteiger partial charge on any atom is -0.412 e. The van der Waals surface area contributed by atoms with E-state index in [0.717, 1.165) is 0 Å². The van der Waals surface area contributed by atoms with Gasteiger partial charge in [-0.25, -0.2) is 4.57 Å². The average Bonchev–Trinajstić information content (AvgIpc) is 0.722. The maximum absolute atomic E-state index is 8.88. The predicted molar refractivity (Wildman–Crippen MR) is 17.9 cm³/mol. The Morgan fingerprint density at radius 2 is 1.14 bits per heavy atom. The molecule has 5 nitrogen and oxygen atoms in total. The molecule has 0 spiro atoms. The molecule has 7 heteroatoms. The van der Waals surface area contributed by atoms with Crippen molar-refractivity contribution in [1.82, 2.24) is 0 Å². The van der Waals surface area contributed by atoms with Crippen LogP contribution in [0, 0.1) is 40.4 Å². The predicted octanol–water partition coefficient (Wildman–Crippen LogP) is -1.75. The van der Waals surface area contributed by atoms with Gasteiger partial charge in [-0.3, -0.25) is 0 Å². The van der Waals surface area contributed by atoms with Gasteiger partial charge in [0.15, 0.2) is 0 Å². The molecule has 0 unspecified atom stereocenters. The van der Waals surface area contributed by atoms with Gasteiger partial charge in [0.25, 0.3) is 0 Å². The molecule has 0 aromatic rings. The van der Waals surface area contributed by atoms with Crippen molar-refractivity contribution in [2.75, 3.05) is 0 Å². The molecule has 0 aliphatic rings. The quantitative estimate of drug-likeness (QED) is 0.451. The molecule has 0 aromatic carbocycles. The average molecular weight is 266 g/mol. The smallest absolute Gasteiger partial charge is 0.412 e. The van der Waals surface area contributed by atoms with Crippen LogP contribution in [0.15, 0.2) is 0 Å². The molecule has 0 atom stereocenters. The van der Waals surface area contributed by atoms with Crippen LogP contribution in [-0.4, -0.2) is 20.2 Å². The van der Waals surface area contributed by atoms with Crippen molar-refractivity contribution in [2.45, 2.75) is 0 Å². The molecular formula is H5O5PSm. The molecule has 0 rings (SSSR count). The second-order valence-corrected chi connectivity index (χ2v) is 1.54. The number of rotatable bonds is 0. The Morgan fingerprint density at radius 1 is 1.14 bits per heavy atom. The topological polar surface area (TPSA) is 109 Å². The van der Waals surface area contributed by atoms with Crippen molar-refractivity contribution in [2.24, 2.45) is 0 Å². The van der Waals surface area contributed by atoms with Crippen LogP contribution in [0.3, 0.4) is 0 Å². The molecule has 5 N–H and O–H groups in total. The second-order valence-electron chi connectivity index (χ2n) is 0.513.